The van der Waals surface area contributed by atoms with E-state index in [9.17, 15) is 24.6 Å². The van der Waals surface area contributed by atoms with Crippen molar-refractivity contribution in [3.63, 3.8) is 0 Å². The molecule has 0 aromatic rings. The van der Waals surface area contributed by atoms with E-state index in [1.54, 1.807) is 0 Å². The van der Waals surface area contributed by atoms with Gasteiger partial charge in [-0.25, -0.2) is 0 Å². The van der Waals surface area contributed by atoms with Gasteiger partial charge >= 0.3 is 11.9 Å². The van der Waals surface area contributed by atoms with Crippen LogP contribution in [0.4, 0.5) is 0 Å². The van der Waals surface area contributed by atoms with Crippen LogP contribution in [0, 0.1) is 28.6 Å². The summed E-state index contributed by atoms with van der Waals surface area (Å²) in [6.07, 6.45) is 5.48. The van der Waals surface area contributed by atoms with Crippen molar-refractivity contribution in [2.45, 2.75) is 82.5 Å². The monoisotopic (exact) mass is 432 g/mol. The van der Waals surface area contributed by atoms with Gasteiger partial charge in [0.2, 0.25) is 0 Å². The number of ether oxygens (including phenoxy) is 2. The van der Waals surface area contributed by atoms with E-state index in [2.05, 4.69) is 13.8 Å². The van der Waals surface area contributed by atoms with Gasteiger partial charge in [0.1, 0.15) is 11.4 Å². The van der Waals surface area contributed by atoms with E-state index in [1.165, 1.54) is 7.11 Å². The molecule has 7 nitrogen and oxygen atoms in total. The second kappa shape index (κ2) is 6.41. The highest BCUT2D eigenvalue weighted by Gasteiger charge is 2.82. The number of epoxide rings is 1. The van der Waals surface area contributed by atoms with Gasteiger partial charge < -0.3 is 19.7 Å². The molecule has 1 unspecified atom stereocenters. The number of ketones is 1. The molecule has 0 bridgehead atoms. The van der Waals surface area contributed by atoms with Crippen LogP contribution in [0.1, 0.15) is 65.2 Å². The van der Waals surface area contributed by atoms with Gasteiger partial charge in [0.25, 0.3) is 0 Å². The van der Waals surface area contributed by atoms with E-state index in [0.717, 1.165) is 12.0 Å². The van der Waals surface area contributed by atoms with Crippen LogP contribution in [0.15, 0.2) is 11.6 Å². The van der Waals surface area contributed by atoms with Crippen molar-refractivity contribution in [3.05, 3.63) is 11.6 Å². The number of esters is 1. The normalized spacial score (nSPS) is 49.8. The van der Waals surface area contributed by atoms with Gasteiger partial charge in [-0.15, -0.1) is 0 Å². The lowest BCUT2D eigenvalue weighted by molar-refractivity contribution is -0.158. The van der Waals surface area contributed by atoms with Crippen molar-refractivity contribution in [1.82, 2.24) is 0 Å². The Kier molecular flexibility index (Phi) is 4.37. The van der Waals surface area contributed by atoms with Crippen molar-refractivity contribution in [1.29, 1.82) is 0 Å². The van der Waals surface area contributed by atoms with E-state index in [4.69, 9.17) is 9.47 Å². The number of carboxylic acids is 1. The smallest absolute Gasteiger partial charge is 0.312 e. The molecule has 0 radical (unpaired) electrons. The standard InChI is InChI=1S/C24H32O7/c1-21-7-4-14(25)10-13(21)11-15(20(28)30-3)19-16-5-8-23(29,9-6-18(26)27)22(16,2)12-17-24(19,21)31-17/h11,15-17,19,29H,4-10,12H2,1-3H3,(H,26,27)/t15-,16+,17-,19+,21+,22+,23-,24?/m1/s1. The molecule has 4 fully saturated rings. The zero-order valence-electron chi connectivity index (χ0n) is 18.5. The summed E-state index contributed by atoms with van der Waals surface area (Å²) >= 11 is 0. The van der Waals surface area contributed by atoms with Crippen LogP contribution in [-0.2, 0) is 23.9 Å². The third-order valence-electron chi connectivity index (χ3n) is 9.90. The van der Waals surface area contributed by atoms with Crippen LogP contribution in [-0.4, -0.2) is 52.4 Å². The molecule has 3 saturated carbocycles. The largest absolute Gasteiger partial charge is 0.481 e. The second-order valence-corrected chi connectivity index (χ2v) is 10.9. The summed E-state index contributed by atoms with van der Waals surface area (Å²) in [6.45, 7) is 4.23. The van der Waals surface area contributed by atoms with Gasteiger partial charge in [-0.2, -0.15) is 0 Å². The highest BCUT2D eigenvalue weighted by atomic mass is 16.6. The SMILES string of the molecule is COC(=O)[C@@H]1C=C2CC(=O)CC[C@]2(C)C23O[C@@H]2C[C@@]2(C)[C@@H](CC[C@@]2(O)CCC(=O)O)[C@H]13. The van der Waals surface area contributed by atoms with Crippen LogP contribution in [0.3, 0.4) is 0 Å². The fourth-order valence-corrected chi connectivity index (χ4v) is 8.13. The lowest BCUT2D eigenvalue weighted by Gasteiger charge is -2.57. The number of rotatable bonds is 4. The summed E-state index contributed by atoms with van der Waals surface area (Å²) in [5.74, 6) is -1.69. The lowest BCUT2D eigenvalue weighted by atomic mass is 9.44. The third kappa shape index (κ3) is 2.50. The minimum absolute atomic E-state index is 0.0152. The van der Waals surface area contributed by atoms with Crippen molar-refractivity contribution < 1.29 is 34.1 Å². The summed E-state index contributed by atoms with van der Waals surface area (Å²) in [7, 11) is 1.39. The predicted octanol–water partition coefficient (Wildman–Crippen LogP) is 2.64. The van der Waals surface area contributed by atoms with E-state index in [1.807, 2.05) is 6.08 Å². The number of aliphatic carboxylic acids is 1. The van der Waals surface area contributed by atoms with E-state index in [0.29, 0.717) is 32.1 Å². The Morgan fingerprint density at radius 1 is 1.29 bits per heavy atom. The van der Waals surface area contributed by atoms with Crippen LogP contribution in [0.2, 0.25) is 0 Å². The molecule has 5 rings (SSSR count). The fourth-order valence-electron chi connectivity index (χ4n) is 8.13. The maximum absolute atomic E-state index is 13.0. The quantitative estimate of drug-likeness (QED) is 0.399. The van der Waals surface area contributed by atoms with Crippen molar-refractivity contribution in [2.24, 2.45) is 28.6 Å². The zero-order valence-corrected chi connectivity index (χ0v) is 18.5. The summed E-state index contributed by atoms with van der Waals surface area (Å²) < 4.78 is 11.7. The average molecular weight is 433 g/mol. The molecule has 5 aliphatic rings. The van der Waals surface area contributed by atoms with Gasteiger partial charge in [-0.1, -0.05) is 25.5 Å². The molecule has 8 atom stereocenters. The number of aliphatic hydroxyl groups is 1. The molecule has 0 aromatic heterocycles. The first-order valence-electron chi connectivity index (χ1n) is 11.5. The number of fused-ring (bicyclic) bond motifs is 3. The molecule has 1 heterocycles. The molecule has 0 aromatic carbocycles. The Balaban J connectivity index is 1.60. The number of hydrogen-bond donors (Lipinski definition) is 2. The van der Waals surface area contributed by atoms with Crippen LogP contribution < -0.4 is 0 Å². The highest BCUT2D eigenvalue weighted by molar-refractivity contribution is 5.84. The maximum Gasteiger partial charge on any atom is 0.312 e. The van der Waals surface area contributed by atoms with Crippen molar-refractivity contribution >= 4 is 17.7 Å². The maximum atomic E-state index is 13.0. The molecular formula is C24H32O7. The summed E-state index contributed by atoms with van der Waals surface area (Å²) in [5.41, 5.74) is -1.44. The minimum Gasteiger partial charge on any atom is -0.481 e. The summed E-state index contributed by atoms with van der Waals surface area (Å²) in [6, 6.07) is 0. The van der Waals surface area contributed by atoms with Gasteiger partial charge in [-0.05, 0) is 38.0 Å². The Hall–Kier alpha value is -1.73. The summed E-state index contributed by atoms with van der Waals surface area (Å²) in [4.78, 5) is 36.5. The number of carbonyl (C=O) groups excluding carboxylic acids is 2. The first-order chi connectivity index (χ1) is 14.5. The van der Waals surface area contributed by atoms with E-state index >= 15 is 0 Å². The molecule has 1 spiro atoms. The van der Waals surface area contributed by atoms with Gasteiger partial charge in [0.15, 0.2) is 0 Å². The minimum atomic E-state index is -1.09. The van der Waals surface area contributed by atoms with Gasteiger partial charge in [0, 0.05) is 36.0 Å². The lowest BCUT2D eigenvalue weighted by Crippen LogP contribution is -2.62. The van der Waals surface area contributed by atoms with Crippen molar-refractivity contribution in [3.8, 4) is 0 Å². The Morgan fingerprint density at radius 3 is 2.71 bits per heavy atom. The zero-order chi connectivity index (χ0) is 22.4. The highest BCUT2D eigenvalue weighted by Crippen LogP contribution is 2.77. The van der Waals surface area contributed by atoms with Gasteiger partial charge in [0.05, 0.1) is 24.7 Å². The molecule has 31 heavy (non-hydrogen) atoms. The molecule has 170 valence electrons. The van der Waals surface area contributed by atoms with Crippen LogP contribution >= 0.6 is 0 Å². The molecule has 2 N–H and O–H groups in total. The Labute approximate surface area is 182 Å². The fraction of sp³-hybridized carbons (Fsp3) is 0.792. The molecule has 7 heteroatoms. The van der Waals surface area contributed by atoms with Crippen molar-refractivity contribution in [2.75, 3.05) is 7.11 Å². The third-order valence-corrected chi connectivity index (χ3v) is 9.90. The Bertz CT molecular complexity index is 894. The average Bonchev–Trinajstić information content (AvgIpc) is 3.38. The number of Topliss-reactive ketones (excluding diaryl/α,β-unsaturated/α-hetero) is 1. The second-order valence-electron chi connectivity index (χ2n) is 10.9. The number of hydrogen-bond acceptors (Lipinski definition) is 6. The first kappa shape index (κ1) is 21.1. The van der Waals surface area contributed by atoms with Crippen LogP contribution in [0.25, 0.3) is 0 Å². The first-order valence-corrected chi connectivity index (χ1v) is 11.5. The number of carbonyl (C=O) groups is 3. The van der Waals surface area contributed by atoms with Gasteiger partial charge in [-0.3, -0.25) is 14.4 Å². The topological polar surface area (TPSA) is 113 Å². The molecular weight excluding hydrogens is 400 g/mol. The Morgan fingerprint density at radius 2 is 2.03 bits per heavy atom. The van der Waals surface area contributed by atoms with Crippen LogP contribution in [0.5, 0.6) is 0 Å². The van der Waals surface area contributed by atoms with E-state index in [-0.39, 0.29) is 47.9 Å². The molecule has 1 aliphatic heterocycles. The van der Waals surface area contributed by atoms with E-state index < -0.39 is 28.5 Å². The summed E-state index contributed by atoms with van der Waals surface area (Å²) in [5, 5.41) is 20.9. The number of carboxylic acid groups (broad SMARTS) is 1. The number of methoxy groups -OCH3 is 1. The predicted molar refractivity (Wildman–Crippen MR) is 109 cm³/mol. The molecule has 1 saturated heterocycles. The molecule has 4 aliphatic carbocycles. The molecule has 0 amide bonds.